The van der Waals surface area contributed by atoms with E-state index in [1.165, 1.54) is 51.6 Å². The summed E-state index contributed by atoms with van der Waals surface area (Å²) in [7, 11) is 0. The molecule has 1 heteroatoms. The van der Waals surface area contributed by atoms with Gasteiger partial charge in [0, 0.05) is 5.54 Å². The lowest BCUT2D eigenvalue weighted by molar-refractivity contribution is 0.0116. The van der Waals surface area contributed by atoms with Gasteiger partial charge in [0.05, 0.1) is 0 Å². The first kappa shape index (κ1) is 9.51. The van der Waals surface area contributed by atoms with Gasteiger partial charge in [0.25, 0.3) is 0 Å². The van der Waals surface area contributed by atoms with Gasteiger partial charge in [0.2, 0.25) is 0 Å². The lowest BCUT2D eigenvalue weighted by atomic mass is 9.71. The van der Waals surface area contributed by atoms with E-state index in [-0.39, 0.29) is 0 Å². The second-order valence-electron chi connectivity index (χ2n) is 5.33. The van der Waals surface area contributed by atoms with Crippen LogP contribution < -0.4 is 0 Å². The third-order valence-electron chi connectivity index (χ3n) is 4.28. The lowest BCUT2D eigenvalue weighted by Gasteiger charge is -2.49. The van der Waals surface area contributed by atoms with Crippen LogP contribution in [0.2, 0.25) is 0 Å². The zero-order chi connectivity index (χ0) is 9.31. The smallest absolute Gasteiger partial charge is 0.0181 e. The third kappa shape index (κ3) is 1.76. The molecule has 1 aliphatic heterocycles. The molecule has 2 aliphatic rings. The van der Waals surface area contributed by atoms with Crippen molar-refractivity contribution in [2.24, 2.45) is 5.92 Å². The van der Waals surface area contributed by atoms with Crippen LogP contribution in [0.15, 0.2) is 0 Å². The fourth-order valence-corrected chi connectivity index (χ4v) is 2.84. The first-order valence-electron chi connectivity index (χ1n) is 5.96. The Bertz CT molecular complexity index is 164. The van der Waals surface area contributed by atoms with E-state index in [0.717, 1.165) is 5.92 Å². The van der Waals surface area contributed by atoms with Gasteiger partial charge in [-0.25, -0.2) is 0 Å². The fraction of sp³-hybridized carbons (Fsp3) is 1.00. The van der Waals surface area contributed by atoms with Crippen LogP contribution in [0.25, 0.3) is 0 Å². The molecule has 0 atom stereocenters. The average molecular weight is 181 g/mol. The van der Waals surface area contributed by atoms with Gasteiger partial charge in [0.15, 0.2) is 0 Å². The summed E-state index contributed by atoms with van der Waals surface area (Å²) in [6.07, 6.45) is 8.73. The van der Waals surface area contributed by atoms with Crippen LogP contribution in [0.4, 0.5) is 0 Å². The second kappa shape index (κ2) is 3.61. The van der Waals surface area contributed by atoms with E-state index in [1.54, 1.807) is 0 Å². The zero-order valence-electron chi connectivity index (χ0n) is 9.18. The molecule has 2 fully saturated rings. The fourth-order valence-electron chi connectivity index (χ4n) is 2.84. The Morgan fingerprint density at radius 3 is 2.00 bits per heavy atom. The van der Waals surface area contributed by atoms with Gasteiger partial charge in [0.1, 0.15) is 0 Å². The Labute approximate surface area is 82.5 Å². The van der Waals surface area contributed by atoms with Crippen molar-refractivity contribution >= 4 is 0 Å². The number of rotatable bonds is 2. The van der Waals surface area contributed by atoms with Gasteiger partial charge in [-0.3, -0.25) is 4.90 Å². The molecule has 0 aromatic rings. The molecular formula is C12H23N. The maximum Gasteiger partial charge on any atom is 0.0181 e. The number of hydrogen-bond donors (Lipinski definition) is 0. The molecule has 1 nitrogen and oxygen atoms in total. The second-order valence-corrected chi connectivity index (χ2v) is 5.33. The number of likely N-dealkylation sites (tertiary alicyclic amines) is 1. The van der Waals surface area contributed by atoms with E-state index in [9.17, 15) is 0 Å². The topological polar surface area (TPSA) is 3.24 Å². The average Bonchev–Trinajstić information content (AvgIpc) is 2.02. The highest BCUT2D eigenvalue weighted by atomic mass is 15.2. The molecule has 1 saturated heterocycles. The number of nitrogens with zero attached hydrogens (tertiary/aromatic N) is 1. The Hall–Kier alpha value is -0.0400. The van der Waals surface area contributed by atoms with Gasteiger partial charge >= 0.3 is 0 Å². The summed E-state index contributed by atoms with van der Waals surface area (Å²) in [5.41, 5.74) is 0.499. The highest BCUT2D eigenvalue weighted by Crippen LogP contribution is 2.40. The number of hydrogen-bond acceptors (Lipinski definition) is 1. The summed E-state index contributed by atoms with van der Waals surface area (Å²) < 4.78 is 0. The molecule has 0 aromatic heterocycles. The summed E-state index contributed by atoms with van der Waals surface area (Å²) in [5.74, 6) is 0.991. The van der Waals surface area contributed by atoms with Crippen molar-refractivity contribution in [1.82, 2.24) is 4.90 Å². The summed E-state index contributed by atoms with van der Waals surface area (Å²) >= 11 is 0. The minimum Gasteiger partial charge on any atom is -0.298 e. The van der Waals surface area contributed by atoms with E-state index in [2.05, 4.69) is 18.7 Å². The molecule has 0 bridgehead atoms. The van der Waals surface area contributed by atoms with E-state index in [1.807, 2.05) is 0 Å². The number of piperidine rings is 1. The predicted octanol–water partition coefficient (Wildman–Crippen LogP) is 3.05. The largest absolute Gasteiger partial charge is 0.298 e. The standard InChI is InChI=1S/C12H23N/c1-12(2,11-7-6-8-11)13-9-4-3-5-10-13/h11H,3-10H2,1-2H3. The van der Waals surface area contributed by atoms with Gasteiger partial charge < -0.3 is 0 Å². The zero-order valence-corrected chi connectivity index (χ0v) is 9.18. The normalized spacial score (nSPS) is 27.2. The third-order valence-corrected chi connectivity index (χ3v) is 4.28. The summed E-state index contributed by atoms with van der Waals surface area (Å²) in [6.45, 7) is 7.62. The molecule has 0 N–H and O–H groups in total. The first-order valence-corrected chi connectivity index (χ1v) is 5.96. The van der Waals surface area contributed by atoms with E-state index in [4.69, 9.17) is 0 Å². The molecule has 76 valence electrons. The van der Waals surface area contributed by atoms with Crippen LogP contribution in [0.1, 0.15) is 52.4 Å². The Kier molecular flexibility index (Phi) is 2.64. The Morgan fingerprint density at radius 2 is 1.54 bits per heavy atom. The van der Waals surface area contributed by atoms with Crippen molar-refractivity contribution in [2.75, 3.05) is 13.1 Å². The molecule has 13 heavy (non-hydrogen) atoms. The van der Waals surface area contributed by atoms with Crippen molar-refractivity contribution in [3.63, 3.8) is 0 Å². The van der Waals surface area contributed by atoms with Crippen molar-refractivity contribution in [2.45, 2.75) is 57.9 Å². The molecule has 0 amide bonds. The molecule has 0 radical (unpaired) electrons. The maximum absolute atomic E-state index is 2.74. The van der Waals surface area contributed by atoms with Crippen LogP contribution in [0.3, 0.4) is 0 Å². The van der Waals surface area contributed by atoms with Gasteiger partial charge in [-0.1, -0.05) is 12.8 Å². The molecule has 1 aliphatic carbocycles. The summed E-state index contributed by atoms with van der Waals surface area (Å²) in [5, 5.41) is 0. The van der Waals surface area contributed by atoms with Crippen LogP contribution >= 0.6 is 0 Å². The van der Waals surface area contributed by atoms with Gasteiger partial charge in [-0.15, -0.1) is 0 Å². The Morgan fingerprint density at radius 1 is 0.923 bits per heavy atom. The minimum absolute atomic E-state index is 0.499. The lowest BCUT2D eigenvalue weighted by Crippen LogP contribution is -2.53. The van der Waals surface area contributed by atoms with Crippen LogP contribution in [0, 0.1) is 5.92 Å². The SMILES string of the molecule is CC(C)(C1CCC1)N1CCCCC1. The van der Waals surface area contributed by atoms with Crippen molar-refractivity contribution in [3.8, 4) is 0 Å². The van der Waals surface area contributed by atoms with Crippen LogP contribution in [-0.2, 0) is 0 Å². The molecule has 0 spiro atoms. The van der Waals surface area contributed by atoms with Gasteiger partial charge in [-0.2, -0.15) is 0 Å². The van der Waals surface area contributed by atoms with Crippen molar-refractivity contribution in [3.05, 3.63) is 0 Å². The van der Waals surface area contributed by atoms with E-state index < -0.39 is 0 Å². The summed E-state index contributed by atoms with van der Waals surface area (Å²) in [4.78, 5) is 2.74. The maximum atomic E-state index is 2.74. The molecule has 1 saturated carbocycles. The molecule has 2 rings (SSSR count). The highest BCUT2D eigenvalue weighted by Gasteiger charge is 2.38. The van der Waals surface area contributed by atoms with Gasteiger partial charge in [-0.05, 0) is 58.5 Å². The van der Waals surface area contributed by atoms with Crippen molar-refractivity contribution < 1.29 is 0 Å². The quantitative estimate of drug-likeness (QED) is 0.633. The molecule has 1 heterocycles. The molecule has 0 aromatic carbocycles. The predicted molar refractivity (Wildman–Crippen MR) is 56.8 cm³/mol. The van der Waals surface area contributed by atoms with Crippen LogP contribution in [0.5, 0.6) is 0 Å². The van der Waals surface area contributed by atoms with E-state index in [0.29, 0.717) is 5.54 Å². The van der Waals surface area contributed by atoms with Crippen LogP contribution in [-0.4, -0.2) is 23.5 Å². The monoisotopic (exact) mass is 181 g/mol. The Balaban J connectivity index is 1.94. The van der Waals surface area contributed by atoms with Crippen molar-refractivity contribution in [1.29, 1.82) is 0 Å². The first-order chi connectivity index (χ1) is 6.21. The minimum atomic E-state index is 0.499. The van der Waals surface area contributed by atoms with E-state index >= 15 is 0 Å². The molecule has 0 unspecified atom stereocenters. The summed E-state index contributed by atoms with van der Waals surface area (Å²) in [6, 6.07) is 0. The highest BCUT2D eigenvalue weighted by molar-refractivity contribution is 4.93. The molecular weight excluding hydrogens is 158 g/mol.